The second-order valence-corrected chi connectivity index (χ2v) is 11.5. The van der Waals surface area contributed by atoms with Crippen LogP contribution in [0.2, 0.25) is 5.02 Å². The molecule has 0 aliphatic rings. The summed E-state index contributed by atoms with van der Waals surface area (Å²) in [5, 5.41) is 4.86. The van der Waals surface area contributed by atoms with E-state index in [1.807, 2.05) is 64.6 Å². The van der Waals surface area contributed by atoms with Crippen molar-refractivity contribution in [2.75, 3.05) is 0 Å². The highest BCUT2D eigenvalue weighted by Crippen LogP contribution is 2.40. The summed E-state index contributed by atoms with van der Waals surface area (Å²) in [6, 6.07) is 7.31. The number of pyridine rings is 1. The standard InChI is InChI=1S/C30H32ClN5O6/c1-16-23(26(42-30(4,5)6)28(37)39-15-22-17(2)40-29(38)41-22)24(20-8-10-21(31)11-9-20)25-27(33-16)36(18(3)34-25)14-19-12-32-35(7)13-19/h8-13,26H,14-15H2,1-7H3/t26-/m0/s1. The molecule has 0 spiro atoms. The van der Waals surface area contributed by atoms with E-state index in [0.29, 0.717) is 39.6 Å². The number of carbonyl (C=O) groups excluding carboxylic acids is 1. The summed E-state index contributed by atoms with van der Waals surface area (Å²) >= 11 is 6.25. The van der Waals surface area contributed by atoms with E-state index in [4.69, 9.17) is 39.9 Å². The summed E-state index contributed by atoms with van der Waals surface area (Å²) in [6.45, 7) is 11.1. The van der Waals surface area contributed by atoms with E-state index in [1.165, 1.54) is 0 Å². The number of nitrogens with zero attached hydrogens (tertiary/aromatic N) is 5. The average Bonchev–Trinajstić information content (AvgIpc) is 3.56. The summed E-state index contributed by atoms with van der Waals surface area (Å²) in [5.74, 6) is -0.449. The van der Waals surface area contributed by atoms with Crippen LogP contribution in [-0.4, -0.2) is 35.9 Å². The Kier molecular flexibility index (Phi) is 7.82. The Morgan fingerprint density at radius 2 is 1.81 bits per heavy atom. The molecule has 0 radical (unpaired) electrons. The number of ether oxygens (including phenoxy) is 2. The quantitative estimate of drug-likeness (QED) is 0.211. The van der Waals surface area contributed by atoms with Crippen LogP contribution in [0.4, 0.5) is 0 Å². The highest BCUT2D eigenvalue weighted by molar-refractivity contribution is 6.30. The molecule has 0 fully saturated rings. The largest absolute Gasteiger partial charge is 0.519 e. The highest BCUT2D eigenvalue weighted by Gasteiger charge is 2.35. The number of fused-ring (bicyclic) bond motifs is 1. The van der Waals surface area contributed by atoms with E-state index in [-0.39, 0.29) is 18.1 Å². The summed E-state index contributed by atoms with van der Waals surface area (Å²) in [6.07, 6.45) is 2.56. The van der Waals surface area contributed by atoms with Gasteiger partial charge in [-0.1, -0.05) is 23.7 Å². The van der Waals surface area contributed by atoms with Gasteiger partial charge in [-0.15, -0.1) is 0 Å². The Morgan fingerprint density at radius 1 is 1.10 bits per heavy atom. The SMILES string of the molecule is Cc1nc2c(nc(C)n2Cc2cnn(C)c2)c(-c2ccc(Cl)cc2)c1[C@H](OC(C)(C)C)C(=O)OCc1oc(=O)oc1C. The first-order valence-electron chi connectivity index (χ1n) is 13.4. The van der Waals surface area contributed by atoms with Crippen LogP contribution in [-0.2, 0) is 34.5 Å². The molecular weight excluding hydrogens is 562 g/mol. The number of hydrogen-bond donors (Lipinski definition) is 0. The number of benzene rings is 1. The molecule has 0 saturated carbocycles. The normalized spacial score (nSPS) is 12.7. The van der Waals surface area contributed by atoms with Crippen molar-refractivity contribution in [3.8, 4) is 11.1 Å². The maximum absolute atomic E-state index is 13.8. The van der Waals surface area contributed by atoms with Crippen molar-refractivity contribution in [3.05, 3.63) is 86.5 Å². The van der Waals surface area contributed by atoms with Crippen LogP contribution in [0.15, 0.2) is 50.3 Å². The van der Waals surface area contributed by atoms with E-state index in [1.54, 1.807) is 29.9 Å². The maximum Gasteiger partial charge on any atom is 0.519 e. The van der Waals surface area contributed by atoms with Crippen LogP contribution in [0.3, 0.4) is 0 Å². The van der Waals surface area contributed by atoms with Gasteiger partial charge < -0.3 is 22.9 Å². The minimum Gasteiger partial charge on any atom is -0.455 e. The minimum atomic E-state index is -1.18. The van der Waals surface area contributed by atoms with Gasteiger partial charge in [0, 0.05) is 40.7 Å². The summed E-state index contributed by atoms with van der Waals surface area (Å²) < 4.78 is 25.7. The van der Waals surface area contributed by atoms with Gasteiger partial charge in [0.25, 0.3) is 0 Å². The minimum absolute atomic E-state index is 0.121. The van der Waals surface area contributed by atoms with Crippen molar-refractivity contribution in [2.45, 2.75) is 66.4 Å². The smallest absolute Gasteiger partial charge is 0.455 e. The Hall–Kier alpha value is -4.22. The van der Waals surface area contributed by atoms with Crippen LogP contribution in [0, 0.1) is 20.8 Å². The Labute approximate surface area is 247 Å². The Bertz CT molecular complexity index is 1820. The summed E-state index contributed by atoms with van der Waals surface area (Å²) in [7, 11) is 1.87. The molecule has 0 bridgehead atoms. The van der Waals surface area contributed by atoms with Gasteiger partial charge in [0.05, 0.1) is 18.3 Å². The van der Waals surface area contributed by atoms with Crippen molar-refractivity contribution in [2.24, 2.45) is 7.05 Å². The number of carbonyl (C=O) groups is 1. The molecule has 11 nitrogen and oxygen atoms in total. The molecule has 4 aromatic heterocycles. The first-order valence-corrected chi connectivity index (χ1v) is 13.7. The molecule has 42 heavy (non-hydrogen) atoms. The lowest BCUT2D eigenvalue weighted by atomic mass is 9.93. The second kappa shape index (κ2) is 11.2. The maximum atomic E-state index is 13.8. The van der Waals surface area contributed by atoms with Crippen molar-refractivity contribution in [1.82, 2.24) is 24.3 Å². The predicted octanol–water partition coefficient (Wildman–Crippen LogP) is 5.60. The molecule has 5 aromatic rings. The fourth-order valence-electron chi connectivity index (χ4n) is 4.81. The molecule has 4 heterocycles. The lowest BCUT2D eigenvalue weighted by molar-refractivity contribution is -0.169. The first-order chi connectivity index (χ1) is 19.8. The molecule has 220 valence electrons. The van der Waals surface area contributed by atoms with E-state index in [9.17, 15) is 9.59 Å². The number of rotatable bonds is 8. The molecule has 5 rings (SSSR count). The van der Waals surface area contributed by atoms with Crippen molar-refractivity contribution >= 4 is 28.7 Å². The van der Waals surface area contributed by atoms with Gasteiger partial charge in [-0.2, -0.15) is 5.10 Å². The van der Waals surface area contributed by atoms with E-state index in [0.717, 1.165) is 17.0 Å². The van der Waals surface area contributed by atoms with Crippen molar-refractivity contribution in [3.63, 3.8) is 0 Å². The topological polar surface area (TPSA) is 127 Å². The number of hydrogen-bond acceptors (Lipinski definition) is 9. The third-order valence-electron chi connectivity index (χ3n) is 6.66. The molecular formula is C30H32ClN5O6. The van der Waals surface area contributed by atoms with Crippen LogP contribution >= 0.6 is 11.6 Å². The molecule has 0 unspecified atom stereocenters. The van der Waals surface area contributed by atoms with Gasteiger partial charge in [-0.25, -0.2) is 19.6 Å². The van der Waals surface area contributed by atoms with Crippen molar-refractivity contribution in [1.29, 1.82) is 0 Å². The summed E-state index contributed by atoms with van der Waals surface area (Å²) in [4.78, 5) is 35.2. The molecule has 0 aliphatic heterocycles. The molecule has 0 amide bonds. The number of esters is 1. The lowest BCUT2D eigenvalue weighted by Crippen LogP contribution is -2.30. The predicted molar refractivity (Wildman–Crippen MR) is 155 cm³/mol. The molecule has 1 atom stereocenters. The lowest BCUT2D eigenvalue weighted by Gasteiger charge is -2.28. The number of aromatic nitrogens is 5. The molecule has 0 saturated heterocycles. The van der Waals surface area contributed by atoms with Crippen LogP contribution < -0.4 is 5.82 Å². The van der Waals surface area contributed by atoms with E-state index in [2.05, 4.69) is 5.10 Å². The third kappa shape index (κ3) is 6.02. The first kappa shape index (κ1) is 29.3. The van der Waals surface area contributed by atoms with Gasteiger partial charge in [0.1, 0.15) is 11.3 Å². The van der Waals surface area contributed by atoms with Gasteiger partial charge in [0.2, 0.25) is 0 Å². The molecule has 1 aromatic carbocycles. The highest BCUT2D eigenvalue weighted by atomic mass is 35.5. The van der Waals surface area contributed by atoms with E-state index >= 15 is 0 Å². The average molecular weight is 594 g/mol. The number of halogens is 1. The second-order valence-electron chi connectivity index (χ2n) is 11.1. The molecule has 12 heteroatoms. The van der Waals surface area contributed by atoms with Gasteiger partial charge >= 0.3 is 11.8 Å². The van der Waals surface area contributed by atoms with Crippen LogP contribution in [0.25, 0.3) is 22.3 Å². The monoisotopic (exact) mass is 593 g/mol. The number of aryl methyl sites for hydroxylation is 4. The molecule has 0 aliphatic carbocycles. The zero-order valence-corrected chi connectivity index (χ0v) is 25.3. The van der Waals surface area contributed by atoms with Gasteiger partial charge in [-0.05, 0) is 59.2 Å². The zero-order valence-electron chi connectivity index (χ0n) is 24.5. The molecule has 0 N–H and O–H groups in total. The van der Waals surface area contributed by atoms with Gasteiger partial charge in [0.15, 0.2) is 29.9 Å². The van der Waals surface area contributed by atoms with Crippen LogP contribution in [0.1, 0.15) is 61.0 Å². The third-order valence-corrected chi connectivity index (χ3v) is 6.91. The van der Waals surface area contributed by atoms with Gasteiger partial charge in [-0.3, -0.25) is 4.68 Å². The Balaban J connectivity index is 1.69. The van der Waals surface area contributed by atoms with Crippen molar-refractivity contribution < 1.29 is 23.1 Å². The van der Waals surface area contributed by atoms with Crippen LogP contribution in [0.5, 0.6) is 0 Å². The Morgan fingerprint density at radius 3 is 2.40 bits per heavy atom. The van der Waals surface area contributed by atoms with E-state index < -0.39 is 23.5 Å². The fourth-order valence-corrected chi connectivity index (χ4v) is 4.94. The number of imidazole rings is 1. The zero-order chi connectivity index (χ0) is 30.3. The fraction of sp³-hybridized carbons (Fsp3) is 0.367. The summed E-state index contributed by atoms with van der Waals surface area (Å²) in [5.41, 5.74) is 4.05.